The van der Waals surface area contributed by atoms with E-state index in [1.165, 1.54) is 31.4 Å². The van der Waals surface area contributed by atoms with Gasteiger partial charge < -0.3 is 14.2 Å². The minimum atomic E-state index is -0.703. The summed E-state index contributed by atoms with van der Waals surface area (Å²) in [6.45, 7) is -0.352. The van der Waals surface area contributed by atoms with Crippen LogP contribution in [-0.4, -0.2) is 29.5 Å². The van der Waals surface area contributed by atoms with Crippen LogP contribution in [0.2, 0.25) is 5.02 Å². The predicted molar refractivity (Wildman–Crippen MR) is 124 cm³/mol. The number of nitrogens with zero attached hydrogens (tertiary/aromatic N) is 2. The number of benzene rings is 3. The van der Waals surface area contributed by atoms with Crippen LogP contribution in [0.5, 0.6) is 17.2 Å². The summed E-state index contributed by atoms with van der Waals surface area (Å²) in [6, 6.07) is 14.6. The van der Waals surface area contributed by atoms with E-state index in [9.17, 15) is 25.0 Å². The van der Waals surface area contributed by atoms with Crippen LogP contribution in [0.3, 0.4) is 0 Å². The first-order chi connectivity index (χ1) is 16.3. The van der Waals surface area contributed by atoms with Gasteiger partial charge in [-0.1, -0.05) is 29.8 Å². The molecule has 174 valence electrons. The number of nitro groups is 2. The molecule has 0 heterocycles. The first kappa shape index (κ1) is 24.2. The number of non-ortho nitro benzene ring substituents is 1. The Labute approximate surface area is 198 Å². The molecular formula is C23H17ClN2O8. The van der Waals surface area contributed by atoms with Crippen LogP contribution in [0.25, 0.3) is 12.2 Å². The van der Waals surface area contributed by atoms with Crippen molar-refractivity contribution in [2.75, 3.05) is 13.7 Å². The highest BCUT2D eigenvalue weighted by Crippen LogP contribution is 2.30. The van der Waals surface area contributed by atoms with Crippen molar-refractivity contribution in [2.45, 2.75) is 0 Å². The first-order valence-corrected chi connectivity index (χ1v) is 10.0. The molecule has 0 unspecified atom stereocenters. The summed E-state index contributed by atoms with van der Waals surface area (Å²) < 4.78 is 15.9. The standard InChI is InChI=1S/C23H17ClN2O8/c1-32-22-11-15(5-7-16-8-9-18(25(28)29)13-20(16)26(30)31)6-10-21(22)34-23(27)14-33-19-4-2-3-17(24)12-19/h2-13H,14H2,1H3/b7-5+. The lowest BCUT2D eigenvalue weighted by Gasteiger charge is -2.11. The van der Waals surface area contributed by atoms with Gasteiger partial charge in [0.2, 0.25) is 0 Å². The molecule has 0 fully saturated rings. The summed E-state index contributed by atoms with van der Waals surface area (Å²) >= 11 is 5.87. The molecular weight excluding hydrogens is 468 g/mol. The Hall–Kier alpha value is -4.44. The normalized spacial score (nSPS) is 10.6. The molecule has 10 nitrogen and oxygen atoms in total. The number of halogens is 1. The lowest BCUT2D eigenvalue weighted by atomic mass is 10.1. The fraction of sp³-hybridized carbons (Fsp3) is 0.0870. The van der Waals surface area contributed by atoms with E-state index < -0.39 is 21.5 Å². The molecule has 0 N–H and O–H groups in total. The van der Waals surface area contributed by atoms with E-state index in [1.54, 1.807) is 42.5 Å². The molecule has 11 heteroatoms. The fourth-order valence-corrected chi connectivity index (χ4v) is 3.03. The second-order valence-electron chi connectivity index (χ2n) is 6.72. The number of carbonyl (C=O) groups excluding carboxylic acids is 1. The average molecular weight is 485 g/mol. The number of methoxy groups -OCH3 is 1. The smallest absolute Gasteiger partial charge is 0.349 e. The highest BCUT2D eigenvalue weighted by molar-refractivity contribution is 6.30. The minimum absolute atomic E-state index is 0.153. The Bertz CT molecular complexity index is 1280. The summed E-state index contributed by atoms with van der Waals surface area (Å²) in [7, 11) is 1.39. The number of hydrogen-bond donors (Lipinski definition) is 0. The molecule has 3 rings (SSSR count). The highest BCUT2D eigenvalue weighted by atomic mass is 35.5. The third-order valence-electron chi connectivity index (χ3n) is 4.44. The Morgan fingerprint density at radius 1 is 0.971 bits per heavy atom. The van der Waals surface area contributed by atoms with Crippen LogP contribution < -0.4 is 14.2 Å². The van der Waals surface area contributed by atoms with E-state index in [0.717, 1.165) is 6.07 Å². The van der Waals surface area contributed by atoms with Crippen LogP contribution >= 0.6 is 11.6 Å². The molecule has 34 heavy (non-hydrogen) atoms. The van der Waals surface area contributed by atoms with E-state index >= 15 is 0 Å². The largest absolute Gasteiger partial charge is 0.493 e. The topological polar surface area (TPSA) is 131 Å². The Kier molecular flexibility index (Phi) is 7.78. The fourth-order valence-electron chi connectivity index (χ4n) is 2.85. The molecule has 0 saturated heterocycles. The van der Waals surface area contributed by atoms with Crippen LogP contribution in [-0.2, 0) is 4.79 Å². The molecule has 0 aliphatic rings. The summed E-state index contributed by atoms with van der Waals surface area (Å²) in [6.07, 6.45) is 3.01. The van der Waals surface area contributed by atoms with E-state index in [4.69, 9.17) is 25.8 Å². The van der Waals surface area contributed by atoms with Crippen molar-refractivity contribution >= 4 is 41.1 Å². The van der Waals surface area contributed by atoms with Gasteiger partial charge in [-0.25, -0.2) is 4.79 Å². The zero-order valence-electron chi connectivity index (χ0n) is 17.7. The molecule has 0 radical (unpaired) electrons. The van der Waals surface area contributed by atoms with Crippen molar-refractivity contribution in [3.63, 3.8) is 0 Å². The third kappa shape index (κ3) is 6.30. The van der Waals surface area contributed by atoms with Crippen molar-refractivity contribution < 1.29 is 28.9 Å². The van der Waals surface area contributed by atoms with E-state index in [0.29, 0.717) is 16.3 Å². The molecule has 0 spiro atoms. The average Bonchev–Trinajstić information content (AvgIpc) is 2.81. The zero-order valence-corrected chi connectivity index (χ0v) is 18.4. The number of hydrogen-bond acceptors (Lipinski definition) is 8. The summed E-state index contributed by atoms with van der Waals surface area (Å²) in [5.74, 6) is 0.150. The third-order valence-corrected chi connectivity index (χ3v) is 4.68. The Morgan fingerprint density at radius 3 is 2.44 bits per heavy atom. The van der Waals surface area contributed by atoms with Gasteiger partial charge in [-0.2, -0.15) is 0 Å². The van der Waals surface area contributed by atoms with E-state index in [1.807, 2.05) is 0 Å². The van der Waals surface area contributed by atoms with Crippen LogP contribution in [0.15, 0.2) is 60.7 Å². The summed E-state index contributed by atoms with van der Waals surface area (Å²) in [4.78, 5) is 32.9. The monoisotopic (exact) mass is 484 g/mol. The van der Waals surface area contributed by atoms with Crippen molar-refractivity contribution in [3.8, 4) is 17.2 Å². The number of carbonyl (C=O) groups is 1. The van der Waals surface area contributed by atoms with Crippen molar-refractivity contribution in [1.82, 2.24) is 0 Å². The SMILES string of the molecule is COc1cc(/C=C/c2ccc([N+](=O)[O-])cc2[N+](=O)[O-])ccc1OC(=O)COc1cccc(Cl)c1. The maximum atomic E-state index is 12.1. The second kappa shape index (κ2) is 10.9. The number of nitro benzene ring substituents is 2. The number of rotatable bonds is 9. The van der Waals surface area contributed by atoms with Gasteiger partial charge in [0.1, 0.15) is 5.75 Å². The van der Waals surface area contributed by atoms with Gasteiger partial charge >= 0.3 is 5.97 Å². The highest BCUT2D eigenvalue weighted by Gasteiger charge is 2.18. The molecule has 3 aromatic carbocycles. The maximum absolute atomic E-state index is 12.1. The molecule has 0 saturated carbocycles. The molecule has 0 atom stereocenters. The van der Waals surface area contributed by atoms with Crippen molar-refractivity contribution in [2.24, 2.45) is 0 Å². The first-order valence-electron chi connectivity index (χ1n) is 9.65. The maximum Gasteiger partial charge on any atom is 0.349 e. The minimum Gasteiger partial charge on any atom is -0.493 e. The van der Waals surface area contributed by atoms with Gasteiger partial charge in [0, 0.05) is 11.1 Å². The van der Waals surface area contributed by atoms with Crippen LogP contribution in [0, 0.1) is 20.2 Å². The van der Waals surface area contributed by atoms with Gasteiger partial charge in [-0.05, 0) is 48.0 Å². The molecule has 0 amide bonds. The molecule has 0 aromatic heterocycles. The molecule has 0 bridgehead atoms. The second-order valence-corrected chi connectivity index (χ2v) is 7.16. The Balaban J connectivity index is 1.72. The van der Waals surface area contributed by atoms with Crippen LogP contribution in [0.4, 0.5) is 11.4 Å². The Morgan fingerprint density at radius 2 is 1.76 bits per heavy atom. The van der Waals surface area contributed by atoms with Gasteiger partial charge in [-0.3, -0.25) is 20.2 Å². The van der Waals surface area contributed by atoms with Crippen molar-refractivity contribution in [1.29, 1.82) is 0 Å². The van der Waals surface area contributed by atoms with E-state index in [-0.39, 0.29) is 29.4 Å². The lowest BCUT2D eigenvalue weighted by Crippen LogP contribution is -2.18. The number of esters is 1. The van der Waals surface area contributed by atoms with Gasteiger partial charge in [0.25, 0.3) is 11.4 Å². The molecule has 0 aliphatic carbocycles. The van der Waals surface area contributed by atoms with Gasteiger partial charge in [0.05, 0.1) is 28.6 Å². The van der Waals surface area contributed by atoms with Crippen LogP contribution in [0.1, 0.15) is 11.1 Å². The van der Waals surface area contributed by atoms with Crippen molar-refractivity contribution in [3.05, 3.63) is 97.0 Å². The van der Waals surface area contributed by atoms with E-state index in [2.05, 4.69) is 0 Å². The van der Waals surface area contributed by atoms with Gasteiger partial charge in [0.15, 0.2) is 18.1 Å². The zero-order chi connectivity index (χ0) is 24.7. The predicted octanol–water partition coefficient (Wildman–Crippen LogP) is 5.32. The quantitative estimate of drug-likeness (QED) is 0.131. The summed E-state index contributed by atoms with van der Waals surface area (Å²) in [5.41, 5.74) is -0.0126. The molecule has 0 aliphatic heterocycles. The number of ether oxygens (including phenoxy) is 3. The lowest BCUT2D eigenvalue weighted by molar-refractivity contribution is -0.394. The molecule has 3 aromatic rings. The van der Waals surface area contributed by atoms with Gasteiger partial charge in [-0.15, -0.1) is 0 Å². The summed E-state index contributed by atoms with van der Waals surface area (Å²) in [5, 5.41) is 22.6.